The van der Waals surface area contributed by atoms with Crippen molar-refractivity contribution in [3.05, 3.63) is 46.9 Å². The first-order chi connectivity index (χ1) is 13.9. The van der Waals surface area contributed by atoms with Crippen LogP contribution < -0.4 is 14.8 Å². The van der Waals surface area contributed by atoms with Crippen molar-refractivity contribution in [1.82, 2.24) is 4.31 Å². The second-order valence-electron chi connectivity index (χ2n) is 6.62. The third kappa shape index (κ3) is 5.49. The lowest BCUT2D eigenvalue weighted by Crippen LogP contribution is -2.35. The minimum absolute atomic E-state index is 0.129. The molecule has 0 aliphatic carbocycles. The number of rotatable bonds is 7. The summed E-state index contributed by atoms with van der Waals surface area (Å²) in [5.41, 5.74) is 0.287. The molecule has 1 aliphatic heterocycles. The van der Waals surface area contributed by atoms with Crippen LogP contribution in [-0.2, 0) is 14.8 Å². The smallest absolute Gasteiger partial charge is 0.262 e. The third-order valence-corrected chi connectivity index (χ3v) is 7.00. The molecule has 1 N–H and O–H groups in total. The Kier molecular flexibility index (Phi) is 7.15. The van der Waals surface area contributed by atoms with E-state index in [-0.39, 0.29) is 17.2 Å². The highest BCUT2D eigenvalue weighted by Crippen LogP contribution is 2.30. The van der Waals surface area contributed by atoms with Gasteiger partial charge in [0.1, 0.15) is 11.5 Å². The maximum atomic E-state index is 12.9. The summed E-state index contributed by atoms with van der Waals surface area (Å²) in [6.07, 6.45) is 2.74. The highest BCUT2D eigenvalue weighted by Gasteiger charge is 2.27. The van der Waals surface area contributed by atoms with E-state index >= 15 is 0 Å². The highest BCUT2D eigenvalue weighted by molar-refractivity contribution is 9.10. The number of ether oxygens (including phenoxy) is 2. The number of hydrogen-bond acceptors (Lipinski definition) is 5. The molecule has 0 radical (unpaired) electrons. The van der Waals surface area contributed by atoms with E-state index in [1.165, 1.54) is 23.5 Å². The van der Waals surface area contributed by atoms with Gasteiger partial charge in [-0.3, -0.25) is 4.79 Å². The first-order valence-corrected chi connectivity index (χ1v) is 11.5. The number of halogens is 1. The van der Waals surface area contributed by atoms with Crippen molar-refractivity contribution < 1.29 is 22.7 Å². The minimum Gasteiger partial charge on any atom is -0.495 e. The van der Waals surface area contributed by atoms with Crippen LogP contribution in [0.4, 0.5) is 5.69 Å². The van der Waals surface area contributed by atoms with E-state index in [4.69, 9.17) is 9.47 Å². The lowest BCUT2D eigenvalue weighted by molar-refractivity contribution is -0.118. The predicted molar refractivity (Wildman–Crippen MR) is 114 cm³/mol. The monoisotopic (exact) mass is 482 g/mol. The van der Waals surface area contributed by atoms with Gasteiger partial charge in [0, 0.05) is 17.6 Å². The molecule has 156 valence electrons. The van der Waals surface area contributed by atoms with Crippen molar-refractivity contribution in [2.24, 2.45) is 0 Å². The molecule has 29 heavy (non-hydrogen) atoms. The molecular formula is C20H23BrN2O5S. The summed E-state index contributed by atoms with van der Waals surface area (Å²) in [6, 6.07) is 11.6. The molecule has 2 aromatic rings. The van der Waals surface area contributed by atoms with Crippen molar-refractivity contribution in [2.45, 2.75) is 24.2 Å². The van der Waals surface area contributed by atoms with Crippen LogP contribution in [0, 0.1) is 0 Å². The Bertz CT molecular complexity index is 957. The van der Waals surface area contributed by atoms with Crippen molar-refractivity contribution >= 4 is 37.5 Å². The lowest BCUT2D eigenvalue weighted by atomic mass is 10.2. The van der Waals surface area contributed by atoms with Gasteiger partial charge in [-0.1, -0.05) is 22.4 Å². The summed E-state index contributed by atoms with van der Waals surface area (Å²) >= 11 is 3.34. The normalized spacial score (nSPS) is 15.0. The molecule has 0 aromatic heterocycles. The van der Waals surface area contributed by atoms with E-state index in [0.717, 1.165) is 23.7 Å². The average molecular weight is 483 g/mol. The van der Waals surface area contributed by atoms with Crippen molar-refractivity contribution in [2.75, 3.05) is 32.1 Å². The number of sulfonamides is 1. The van der Waals surface area contributed by atoms with Gasteiger partial charge in [0.05, 0.1) is 17.7 Å². The van der Waals surface area contributed by atoms with E-state index in [0.29, 0.717) is 24.6 Å². The molecule has 1 amide bonds. The van der Waals surface area contributed by atoms with Crippen molar-refractivity contribution in [1.29, 1.82) is 0 Å². The second kappa shape index (κ2) is 9.60. The molecule has 0 atom stereocenters. The second-order valence-corrected chi connectivity index (χ2v) is 9.47. The standard InChI is InChI=1S/C20H23BrN2O5S/c1-27-19-10-9-17(29(25,26)23-11-3-2-4-12-23)13-18(19)22-20(24)14-28-16-7-5-15(21)6-8-16/h5-10,13H,2-4,11-12,14H2,1H3,(H,22,24). The zero-order valence-corrected chi connectivity index (χ0v) is 18.5. The average Bonchev–Trinajstić information content (AvgIpc) is 2.74. The maximum absolute atomic E-state index is 12.9. The zero-order chi connectivity index (χ0) is 20.9. The van der Waals surface area contributed by atoms with Gasteiger partial charge in [0.2, 0.25) is 10.0 Å². The first kappa shape index (κ1) is 21.6. The number of anilines is 1. The number of hydrogen-bond donors (Lipinski definition) is 1. The molecule has 9 heteroatoms. The predicted octanol–water partition coefficient (Wildman–Crippen LogP) is 3.65. The summed E-state index contributed by atoms with van der Waals surface area (Å²) in [7, 11) is -2.15. The Balaban J connectivity index is 1.72. The molecule has 0 saturated carbocycles. The fourth-order valence-corrected chi connectivity index (χ4v) is 4.87. The molecule has 3 rings (SSSR count). The van der Waals surface area contributed by atoms with E-state index in [2.05, 4.69) is 21.2 Å². The van der Waals surface area contributed by atoms with Gasteiger partial charge in [-0.05, 0) is 55.3 Å². The Morgan fingerprint density at radius 1 is 1.10 bits per heavy atom. The van der Waals surface area contributed by atoms with Gasteiger partial charge in [-0.25, -0.2) is 8.42 Å². The number of carbonyl (C=O) groups is 1. The van der Waals surface area contributed by atoms with Crippen LogP contribution in [0.2, 0.25) is 0 Å². The van der Waals surface area contributed by atoms with Crippen LogP contribution in [0.1, 0.15) is 19.3 Å². The van der Waals surface area contributed by atoms with Crippen LogP contribution in [-0.4, -0.2) is 45.4 Å². The number of nitrogens with zero attached hydrogens (tertiary/aromatic N) is 1. The largest absolute Gasteiger partial charge is 0.495 e. The Morgan fingerprint density at radius 3 is 2.45 bits per heavy atom. The van der Waals surface area contributed by atoms with E-state index in [1.807, 2.05) is 12.1 Å². The number of piperidine rings is 1. The fourth-order valence-electron chi connectivity index (χ4n) is 3.07. The summed E-state index contributed by atoms with van der Waals surface area (Å²) < 4.78 is 38.9. The number of amides is 1. The van der Waals surface area contributed by atoms with Crippen LogP contribution >= 0.6 is 15.9 Å². The lowest BCUT2D eigenvalue weighted by Gasteiger charge is -2.26. The van der Waals surface area contributed by atoms with Crippen molar-refractivity contribution in [3.8, 4) is 11.5 Å². The summed E-state index contributed by atoms with van der Waals surface area (Å²) in [5, 5.41) is 2.68. The summed E-state index contributed by atoms with van der Waals surface area (Å²) in [5.74, 6) is 0.509. The highest BCUT2D eigenvalue weighted by atomic mass is 79.9. The molecule has 2 aromatic carbocycles. The summed E-state index contributed by atoms with van der Waals surface area (Å²) in [6.45, 7) is 0.808. The number of nitrogens with one attached hydrogen (secondary N) is 1. The van der Waals surface area contributed by atoms with E-state index < -0.39 is 15.9 Å². The Morgan fingerprint density at radius 2 is 1.79 bits per heavy atom. The third-order valence-electron chi connectivity index (χ3n) is 4.58. The van der Waals surface area contributed by atoms with Gasteiger partial charge < -0.3 is 14.8 Å². The van der Waals surface area contributed by atoms with Gasteiger partial charge in [-0.2, -0.15) is 4.31 Å². The fraction of sp³-hybridized carbons (Fsp3) is 0.350. The Labute approximate surface area is 179 Å². The quantitative estimate of drug-likeness (QED) is 0.650. The SMILES string of the molecule is COc1ccc(S(=O)(=O)N2CCCCC2)cc1NC(=O)COc1ccc(Br)cc1. The molecule has 1 aliphatic rings. The number of benzene rings is 2. The topological polar surface area (TPSA) is 84.9 Å². The van der Waals surface area contributed by atoms with Crippen LogP contribution in [0.5, 0.6) is 11.5 Å². The van der Waals surface area contributed by atoms with E-state index in [1.54, 1.807) is 18.2 Å². The zero-order valence-electron chi connectivity index (χ0n) is 16.1. The van der Waals surface area contributed by atoms with Crippen LogP contribution in [0.25, 0.3) is 0 Å². The molecule has 0 bridgehead atoms. The molecule has 7 nitrogen and oxygen atoms in total. The van der Waals surface area contributed by atoms with Gasteiger partial charge in [-0.15, -0.1) is 0 Å². The maximum Gasteiger partial charge on any atom is 0.262 e. The van der Waals surface area contributed by atoms with Crippen LogP contribution in [0.15, 0.2) is 51.8 Å². The Hall–Kier alpha value is -2.10. The molecular weight excluding hydrogens is 460 g/mol. The van der Waals surface area contributed by atoms with Gasteiger partial charge in [0.15, 0.2) is 6.61 Å². The minimum atomic E-state index is -3.61. The summed E-state index contributed by atoms with van der Waals surface area (Å²) in [4.78, 5) is 12.5. The molecule has 1 saturated heterocycles. The van der Waals surface area contributed by atoms with E-state index in [9.17, 15) is 13.2 Å². The van der Waals surface area contributed by atoms with Gasteiger partial charge >= 0.3 is 0 Å². The molecule has 1 fully saturated rings. The van der Waals surface area contributed by atoms with Gasteiger partial charge in [0.25, 0.3) is 5.91 Å². The van der Waals surface area contributed by atoms with Crippen LogP contribution in [0.3, 0.4) is 0 Å². The van der Waals surface area contributed by atoms with Crippen molar-refractivity contribution in [3.63, 3.8) is 0 Å². The molecule has 1 heterocycles. The molecule has 0 spiro atoms. The number of methoxy groups -OCH3 is 1. The first-order valence-electron chi connectivity index (χ1n) is 9.26. The molecule has 0 unspecified atom stereocenters. The number of carbonyl (C=O) groups excluding carboxylic acids is 1.